The van der Waals surface area contributed by atoms with E-state index in [-0.39, 0.29) is 30.3 Å². The van der Waals surface area contributed by atoms with Crippen molar-refractivity contribution in [3.05, 3.63) is 27.2 Å². The van der Waals surface area contributed by atoms with E-state index < -0.39 is 0 Å². The third kappa shape index (κ3) is 5.14. The van der Waals surface area contributed by atoms with E-state index in [0.29, 0.717) is 23.6 Å². The molecular weight excluding hydrogens is 378 g/mol. The molecule has 0 bridgehead atoms. The quantitative estimate of drug-likeness (QED) is 0.504. The lowest BCUT2D eigenvalue weighted by molar-refractivity contribution is -0.120. The molecule has 8 heteroatoms. The molecule has 28 heavy (non-hydrogen) atoms. The zero-order valence-corrected chi connectivity index (χ0v) is 17.9. The Morgan fingerprint density at radius 3 is 2.54 bits per heavy atom. The largest absolute Gasteiger partial charge is 0.355 e. The molecule has 0 saturated heterocycles. The Morgan fingerprint density at radius 2 is 1.86 bits per heavy atom. The van der Waals surface area contributed by atoms with Gasteiger partial charge in [0.1, 0.15) is 0 Å². The number of hydrogen-bond donors (Lipinski definition) is 3. The van der Waals surface area contributed by atoms with Gasteiger partial charge in [0, 0.05) is 31.9 Å². The minimum absolute atomic E-state index is 0. The molecule has 2 aromatic heterocycles. The van der Waals surface area contributed by atoms with Gasteiger partial charge >= 0.3 is 0 Å². The van der Waals surface area contributed by atoms with Crippen molar-refractivity contribution in [2.75, 3.05) is 13.1 Å². The summed E-state index contributed by atoms with van der Waals surface area (Å²) < 4.78 is 1.63. The highest BCUT2D eigenvalue weighted by atomic mass is 35.5. The number of halogens is 1. The first-order chi connectivity index (χ1) is 13.0. The molecule has 1 saturated carbocycles. The van der Waals surface area contributed by atoms with Gasteiger partial charge in [-0.1, -0.05) is 25.7 Å². The zero-order valence-electron chi connectivity index (χ0n) is 17.1. The number of carbonyl (C=O) groups excluding carboxylic acids is 1. The minimum atomic E-state index is -0.160. The Balaban J connectivity index is 0.00000280. The van der Waals surface area contributed by atoms with Gasteiger partial charge in [-0.2, -0.15) is 0 Å². The Bertz CT molecular complexity index is 866. The third-order valence-electron chi connectivity index (χ3n) is 5.65. The van der Waals surface area contributed by atoms with E-state index in [1.807, 2.05) is 13.8 Å². The van der Waals surface area contributed by atoms with Gasteiger partial charge < -0.3 is 10.6 Å². The summed E-state index contributed by atoms with van der Waals surface area (Å²) in [5.74, 6) is -0.0302. The van der Waals surface area contributed by atoms with Gasteiger partial charge in [0.05, 0.1) is 11.8 Å². The molecule has 1 fully saturated rings. The molecule has 0 unspecified atom stereocenters. The monoisotopic (exact) mass is 409 g/mol. The summed E-state index contributed by atoms with van der Waals surface area (Å²) in [6.45, 7) is 5.20. The summed E-state index contributed by atoms with van der Waals surface area (Å²) in [6.07, 6.45) is 8.02. The summed E-state index contributed by atoms with van der Waals surface area (Å²) >= 11 is 0. The van der Waals surface area contributed by atoms with Gasteiger partial charge in [0.25, 0.3) is 5.56 Å². The Kier molecular flexibility index (Phi) is 8.07. The molecule has 0 aromatic carbocycles. The second-order valence-corrected chi connectivity index (χ2v) is 7.67. The lowest BCUT2D eigenvalue weighted by Crippen LogP contribution is -2.37. The first kappa shape index (κ1) is 22.4. The SMILES string of the molecule is Cc1nc2c(c(C)c1CC(=O)NCCNC1CCCCCC1)c(=O)[nH]n2C.Cl. The van der Waals surface area contributed by atoms with Crippen LogP contribution in [-0.4, -0.2) is 39.8 Å². The lowest BCUT2D eigenvalue weighted by Gasteiger charge is -2.16. The molecule has 2 heterocycles. The topological polar surface area (TPSA) is 91.8 Å². The number of aromatic nitrogens is 3. The van der Waals surface area contributed by atoms with Gasteiger partial charge in [-0.3, -0.25) is 19.4 Å². The van der Waals surface area contributed by atoms with E-state index in [0.717, 1.165) is 23.4 Å². The van der Waals surface area contributed by atoms with Crippen LogP contribution in [0.2, 0.25) is 0 Å². The van der Waals surface area contributed by atoms with Crippen LogP contribution < -0.4 is 16.2 Å². The van der Waals surface area contributed by atoms with Crippen molar-refractivity contribution in [3.63, 3.8) is 0 Å². The highest BCUT2D eigenvalue weighted by Gasteiger charge is 2.17. The van der Waals surface area contributed by atoms with Crippen LogP contribution in [0.4, 0.5) is 0 Å². The van der Waals surface area contributed by atoms with Gasteiger partial charge in [-0.25, -0.2) is 4.98 Å². The first-order valence-electron chi connectivity index (χ1n) is 10.0. The van der Waals surface area contributed by atoms with Crippen LogP contribution in [0.25, 0.3) is 11.0 Å². The van der Waals surface area contributed by atoms with Crippen molar-refractivity contribution >= 4 is 29.3 Å². The molecule has 7 nitrogen and oxygen atoms in total. The second kappa shape index (κ2) is 10.1. The molecule has 1 aliphatic rings. The third-order valence-corrected chi connectivity index (χ3v) is 5.65. The fraction of sp³-hybridized carbons (Fsp3) is 0.650. The van der Waals surface area contributed by atoms with Crippen LogP contribution in [0, 0.1) is 13.8 Å². The molecule has 1 amide bonds. The van der Waals surface area contributed by atoms with E-state index in [4.69, 9.17) is 0 Å². The maximum atomic E-state index is 12.4. The standard InChI is InChI=1S/C20H31N5O2.ClH/c1-13-16(14(2)23-19-18(13)20(27)24-25(19)3)12-17(26)22-11-10-21-15-8-6-4-5-7-9-15;/h15,21H,4-12H2,1-3H3,(H,22,26)(H,24,27);1H. The van der Waals surface area contributed by atoms with Crippen molar-refractivity contribution in [1.82, 2.24) is 25.4 Å². The molecule has 156 valence electrons. The Morgan fingerprint density at radius 1 is 1.18 bits per heavy atom. The normalized spacial score (nSPS) is 15.2. The van der Waals surface area contributed by atoms with Gasteiger partial charge in [0.2, 0.25) is 5.91 Å². The average molecular weight is 410 g/mol. The molecule has 0 radical (unpaired) electrons. The van der Waals surface area contributed by atoms with E-state index in [9.17, 15) is 9.59 Å². The average Bonchev–Trinajstić information content (AvgIpc) is 2.81. The maximum absolute atomic E-state index is 12.4. The number of nitrogens with one attached hydrogen (secondary N) is 3. The molecule has 0 atom stereocenters. The van der Waals surface area contributed by atoms with Crippen molar-refractivity contribution in [1.29, 1.82) is 0 Å². The zero-order chi connectivity index (χ0) is 19.4. The Labute approximate surface area is 172 Å². The number of aromatic amines is 1. The van der Waals surface area contributed by atoms with Crippen LogP contribution in [-0.2, 0) is 18.3 Å². The molecule has 0 aliphatic heterocycles. The summed E-state index contributed by atoms with van der Waals surface area (Å²) in [6, 6.07) is 0.588. The van der Waals surface area contributed by atoms with Crippen molar-refractivity contribution < 1.29 is 4.79 Å². The van der Waals surface area contributed by atoms with E-state index in [1.165, 1.54) is 38.5 Å². The van der Waals surface area contributed by atoms with E-state index in [2.05, 4.69) is 20.7 Å². The second-order valence-electron chi connectivity index (χ2n) is 7.67. The number of fused-ring (bicyclic) bond motifs is 1. The predicted molar refractivity (Wildman–Crippen MR) is 114 cm³/mol. The number of aryl methyl sites for hydroxylation is 3. The summed E-state index contributed by atoms with van der Waals surface area (Å²) in [5, 5.41) is 9.85. The van der Waals surface area contributed by atoms with Gasteiger partial charge in [0.15, 0.2) is 5.65 Å². The number of nitrogens with zero attached hydrogens (tertiary/aromatic N) is 2. The molecule has 3 N–H and O–H groups in total. The summed E-state index contributed by atoms with van der Waals surface area (Å²) in [5.41, 5.74) is 2.94. The summed E-state index contributed by atoms with van der Waals surface area (Å²) in [7, 11) is 1.77. The number of pyridine rings is 1. The van der Waals surface area contributed by atoms with Crippen LogP contribution >= 0.6 is 12.4 Å². The van der Waals surface area contributed by atoms with Crippen molar-refractivity contribution in [2.24, 2.45) is 7.05 Å². The van der Waals surface area contributed by atoms with Crippen LogP contribution in [0.1, 0.15) is 55.3 Å². The molecule has 1 aliphatic carbocycles. The highest BCUT2D eigenvalue weighted by molar-refractivity contribution is 5.85. The fourth-order valence-corrected chi connectivity index (χ4v) is 4.09. The fourth-order valence-electron chi connectivity index (χ4n) is 4.09. The van der Waals surface area contributed by atoms with Crippen LogP contribution in [0.15, 0.2) is 4.79 Å². The lowest BCUT2D eigenvalue weighted by atomic mass is 10.0. The van der Waals surface area contributed by atoms with Crippen LogP contribution in [0.3, 0.4) is 0 Å². The van der Waals surface area contributed by atoms with Crippen LogP contribution in [0.5, 0.6) is 0 Å². The molecule has 0 spiro atoms. The number of rotatable bonds is 6. The molecular formula is C20H32ClN5O2. The minimum Gasteiger partial charge on any atom is -0.355 e. The number of hydrogen-bond acceptors (Lipinski definition) is 4. The highest BCUT2D eigenvalue weighted by Crippen LogP contribution is 2.20. The number of amides is 1. The van der Waals surface area contributed by atoms with E-state index >= 15 is 0 Å². The van der Waals surface area contributed by atoms with Gasteiger partial charge in [-0.15, -0.1) is 12.4 Å². The number of carbonyl (C=O) groups is 1. The molecule has 3 rings (SSSR count). The van der Waals surface area contributed by atoms with Crippen molar-refractivity contribution in [2.45, 2.75) is 64.8 Å². The smallest absolute Gasteiger partial charge is 0.273 e. The van der Waals surface area contributed by atoms with Gasteiger partial charge in [-0.05, 0) is 37.8 Å². The number of H-pyrrole nitrogens is 1. The Hall–Kier alpha value is -1.86. The first-order valence-corrected chi connectivity index (χ1v) is 10.0. The maximum Gasteiger partial charge on any atom is 0.273 e. The predicted octanol–water partition coefficient (Wildman–Crippen LogP) is 2.27. The van der Waals surface area contributed by atoms with E-state index in [1.54, 1.807) is 11.7 Å². The van der Waals surface area contributed by atoms with Crippen molar-refractivity contribution in [3.8, 4) is 0 Å². The molecule has 2 aromatic rings. The summed E-state index contributed by atoms with van der Waals surface area (Å²) in [4.78, 5) is 29.0.